The first-order valence-corrected chi connectivity index (χ1v) is 8.81. The third kappa shape index (κ3) is 2.58. The molecule has 4 aliphatic carbocycles. The molecule has 1 saturated heterocycles. The van der Waals surface area contributed by atoms with E-state index in [1.807, 2.05) is 0 Å². The average Bonchev–Trinajstić information content (AvgIpc) is 2.89. The van der Waals surface area contributed by atoms with Crippen LogP contribution in [0.1, 0.15) is 44.9 Å². The van der Waals surface area contributed by atoms with Crippen molar-refractivity contribution < 1.29 is 0 Å². The van der Waals surface area contributed by atoms with Gasteiger partial charge in [-0.1, -0.05) is 0 Å². The van der Waals surface area contributed by atoms with Crippen molar-refractivity contribution in [3.05, 3.63) is 0 Å². The zero-order chi connectivity index (χ0) is 12.7. The van der Waals surface area contributed by atoms with E-state index in [1.165, 1.54) is 45.6 Å². The van der Waals surface area contributed by atoms with E-state index in [1.54, 1.807) is 32.1 Å². The van der Waals surface area contributed by atoms with Gasteiger partial charge in [0.05, 0.1) is 0 Å². The van der Waals surface area contributed by atoms with Crippen LogP contribution in [0, 0.1) is 29.6 Å². The minimum absolute atomic E-state index is 1.03. The maximum Gasteiger partial charge on any atom is 0.0107 e. The Bertz CT molecular complexity index is 280. The fourth-order valence-electron chi connectivity index (χ4n) is 5.88. The van der Waals surface area contributed by atoms with Gasteiger partial charge in [-0.25, -0.2) is 0 Å². The molecule has 0 aromatic carbocycles. The molecule has 2 nitrogen and oxygen atoms in total. The molecule has 2 heteroatoms. The normalized spacial score (nSPS) is 45.2. The van der Waals surface area contributed by atoms with E-state index >= 15 is 0 Å². The van der Waals surface area contributed by atoms with E-state index in [2.05, 4.69) is 10.2 Å². The molecule has 0 radical (unpaired) electrons. The zero-order valence-electron chi connectivity index (χ0n) is 12.3. The van der Waals surface area contributed by atoms with Crippen LogP contribution in [0.2, 0.25) is 0 Å². The summed E-state index contributed by atoms with van der Waals surface area (Å²) >= 11 is 0. The second kappa shape index (κ2) is 5.37. The maximum absolute atomic E-state index is 3.80. The van der Waals surface area contributed by atoms with Crippen molar-refractivity contribution >= 4 is 0 Å². The van der Waals surface area contributed by atoms with Crippen LogP contribution in [-0.2, 0) is 0 Å². The van der Waals surface area contributed by atoms with Gasteiger partial charge in [-0.2, -0.15) is 0 Å². The first-order chi connectivity index (χ1) is 9.38. The first kappa shape index (κ1) is 12.6. The van der Waals surface area contributed by atoms with Gasteiger partial charge in [0.15, 0.2) is 0 Å². The maximum atomic E-state index is 3.80. The van der Waals surface area contributed by atoms with Crippen LogP contribution in [0.3, 0.4) is 0 Å². The predicted octanol–water partition coefficient (Wildman–Crippen LogP) is 2.74. The van der Waals surface area contributed by atoms with Gasteiger partial charge in [0.2, 0.25) is 0 Å². The van der Waals surface area contributed by atoms with Crippen LogP contribution in [0.15, 0.2) is 0 Å². The minimum Gasteiger partial charge on any atom is -0.315 e. The summed E-state index contributed by atoms with van der Waals surface area (Å²) in [5.41, 5.74) is 0. The number of nitrogens with zero attached hydrogens (tertiary/aromatic N) is 1. The van der Waals surface area contributed by atoms with Gasteiger partial charge < -0.3 is 10.2 Å². The molecular weight excluding hydrogens is 232 g/mol. The number of likely N-dealkylation sites (tertiary alicyclic amines) is 1. The predicted molar refractivity (Wildman–Crippen MR) is 79.1 cm³/mol. The quantitative estimate of drug-likeness (QED) is 0.767. The van der Waals surface area contributed by atoms with Gasteiger partial charge in [0, 0.05) is 13.1 Å². The number of hydrogen-bond donors (Lipinski definition) is 1. The Kier molecular flexibility index (Phi) is 3.57. The lowest BCUT2D eigenvalue weighted by molar-refractivity contribution is -0.0354. The van der Waals surface area contributed by atoms with Crippen LogP contribution < -0.4 is 5.32 Å². The van der Waals surface area contributed by atoms with Crippen LogP contribution in [0.25, 0.3) is 0 Å². The molecule has 0 aromatic heterocycles. The Labute approximate surface area is 118 Å². The number of hydrogen-bond acceptors (Lipinski definition) is 2. The van der Waals surface area contributed by atoms with E-state index in [0.717, 1.165) is 29.6 Å². The summed E-state index contributed by atoms with van der Waals surface area (Å²) in [7, 11) is 0. The Morgan fingerprint density at radius 3 is 2.11 bits per heavy atom. The van der Waals surface area contributed by atoms with E-state index in [-0.39, 0.29) is 0 Å². The molecule has 5 rings (SSSR count). The van der Waals surface area contributed by atoms with Crippen molar-refractivity contribution in [1.82, 2.24) is 10.2 Å². The second-order valence-corrected chi connectivity index (χ2v) is 7.85. The van der Waals surface area contributed by atoms with Crippen LogP contribution >= 0.6 is 0 Å². The summed E-state index contributed by atoms with van der Waals surface area (Å²) < 4.78 is 0. The monoisotopic (exact) mass is 262 g/mol. The molecule has 19 heavy (non-hydrogen) atoms. The Morgan fingerprint density at radius 1 is 0.842 bits per heavy atom. The lowest BCUT2D eigenvalue weighted by atomic mass is 9.52. The fourth-order valence-corrected chi connectivity index (χ4v) is 5.88. The third-order valence-corrected chi connectivity index (χ3v) is 6.61. The van der Waals surface area contributed by atoms with Crippen molar-refractivity contribution in [2.75, 3.05) is 32.7 Å². The molecule has 0 atom stereocenters. The first-order valence-electron chi connectivity index (χ1n) is 8.81. The molecule has 5 aliphatic rings. The lowest BCUT2D eigenvalue weighted by Crippen LogP contribution is -2.48. The van der Waals surface area contributed by atoms with Crippen LogP contribution in [0.5, 0.6) is 0 Å². The molecule has 4 bridgehead atoms. The molecule has 0 unspecified atom stereocenters. The average molecular weight is 262 g/mol. The summed E-state index contributed by atoms with van der Waals surface area (Å²) in [4.78, 5) is 2.63. The van der Waals surface area contributed by atoms with E-state index in [0.29, 0.717) is 0 Å². The highest BCUT2D eigenvalue weighted by Crippen LogP contribution is 2.56. The Morgan fingerprint density at radius 2 is 1.47 bits per heavy atom. The smallest absolute Gasteiger partial charge is 0.0107 e. The largest absolute Gasteiger partial charge is 0.315 e. The summed E-state index contributed by atoms with van der Waals surface area (Å²) in [5, 5.41) is 3.80. The van der Waals surface area contributed by atoms with E-state index < -0.39 is 0 Å². The van der Waals surface area contributed by atoms with Gasteiger partial charge in [0.25, 0.3) is 0 Å². The number of nitrogens with one attached hydrogen (secondary N) is 1. The van der Waals surface area contributed by atoms with Crippen molar-refractivity contribution in [3.8, 4) is 0 Å². The molecular formula is C17H30N2. The molecule has 1 aliphatic heterocycles. The SMILES string of the molecule is C1CCN(CCNCC2C3CC4CC(C3)CC2C4)C1. The summed E-state index contributed by atoms with van der Waals surface area (Å²) in [5.74, 6) is 5.48. The highest BCUT2D eigenvalue weighted by molar-refractivity contribution is 4.98. The van der Waals surface area contributed by atoms with Gasteiger partial charge in [-0.15, -0.1) is 0 Å². The molecule has 1 heterocycles. The number of rotatable bonds is 5. The van der Waals surface area contributed by atoms with Crippen molar-refractivity contribution in [2.24, 2.45) is 29.6 Å². The summed E-state index contributed by atoms with van der Waals surface area (Å²) in [6.07, 6.45) is 10.7. The van der Waals surface area contributed by atoms with E-state index in [4.69, 9.17) is 0 Å². The minimum atomic E-state index is 1.03. The van der Waals surface area contributed by atoms with Gasteiger partial charge in [-0.3, -0.25) is 0 Å². The van der Waals surface area contributed by atoms with Crippen molar-refractivity contribution in [1.29, 1.82) is 0 Å². The third-order valence-electron chi connectivity index (χ3n) is 6.61. The molecule has 0 amide bonds. The van der Waals surface area contributed by atoms with Crippen LogP contribution in [0.4, 0.5) is 0 Å². The summed E-state index contributed by atoms with van der Waals surface area (Å²) in [6.45, 7) is 6.53. The molecule has 5 fully saturated rings. The zero-order valence-corrected chi connectivity index (χ0v) is 12.3. The molecule has 108 valence electrons. The Balaban J connectivity index is 1.22. The topological polar surface area (TPSA) is 15.3 Å². The fraction of sp³-hybridized carbons (Fsp3) is 1.00. The van der Waals surface area contributed by atoms with E-state index in [9.17, 15) is 0 Å². The standard InChI is InChI=1S/C17H30N2/c1-2-5-19(4-1)6-3-18-12-17-15-8-13-7-14(10-15)11-16(17)9-13/h13-18H,1-12H2. The molecule has 0 aromatic rings. The van der Waals surface area contributed by atoms with Crippen molar-refractivity contribution in [3.63, 3.8) is 0 Å². The van der Waals surface area contributed by atoms with Gasteiger partial charge in [-0.05, 0) is 94.2 Å². The summed E-state index contributed by atoms with van der Waals surface area (Å²) in [6, 6.07) is 0. The lowest BCUT2D eigenvalue weighted by Gasteiger charge is -2.54. The highest BCUT2D eigenvalue weighted by atomic mass is 15.1. The highest BCUT2D eigenvalue weighted by Gasteiger charge is 2.47. The van der Waals surface area contributed by atoms with Crippen molar-refractivity contribution in [2.45, 2.75) is 44.9 Å². The van der Waals surface area contributed by atoms with Gasteiger partial charge >= 0.3 is 0 Å². The molecule has 0 spiro atoms. The Hall–Kier alpha value is -0.0800. The van der Waals surface area contributed by atoms with Gasteiger partial charge in [0.1, 0.15) is 0 Å². The second-order valence-electron chi connectivity index (χ2n) is 7.85. The molecule has 4 saturated carbocycles. The van der Waals surface area contributed by atoms with Crippen LogP contribution in [-0.4, -0.2) is 37.6 Å². The molecule has 1 N–H and O–H groups in total.